The van der Waals surface area contributed by atoms with Crippen molar-refractivity contribution < 1.29 is 17.7 Å². The lowest BCUT2D eigenvalue weighted by atomic mass is 10.1. The second-order valence-corrected chi connectivity index (χ2v) is 4.32. The third-order valence-corrected chi connectivity index (χ3v) is 2.14. The molecule has 4 nitrogen and oxygen atoms in total. The van der Waals surface area contributed by atoms with E-state index in [9.17, 15) is 8.42 Å². The first kappa shape index (κ1) is 10.9. The highest BCUT2D eigenvalue weighted by molar-refractivity contribution is 7.86. The van der Waals surface area contributed by atoms with Crippen molar-refractivity contribution in [3.8, 4) is 0 Å². The second kappa shape index (κ2) is 3.51. The molecule has 0 rings (SSSR count). The van der Waals surface area contributed by atoms with Gasteiger partial charge < -0.3 is 5.11 Å². The van der Waals surface area contributed by atoms with Gasteiger partial charge in [0.2, 0.25) is 0 Å². The molecular weight excluding hydrogens is 168 g/mol. The zero-order chi connectivity index (χ0) is 9.12. The summed E-state index contributed by atoms with van der Waals surface area (Å²) in [6.45, 7) is 3.01. The van der Waals surface area contributed by atoms with Gasteiger partial charge in [0.1, 0.15) is 5.60 Å². The van der Waals surface area contributed by atoms with Gasteiger partial charge in [0.25, 0.3) is 10.1 Å². The Morgan fingerprint density at radius 3 is 2.09 bits per heavy atom. The number of aliphatic hydroxyl groups is 1. The molecule has 0 amide bonds. The van der Waals surface area contributed by atoms with E-state index >= 15 is 0 Å². The van der Waals surface area contributed by atoms with Crippen LogP contribution >= 0.6 is 0 Å². The van der Waals surface area contributed by atoms with Crippen LogP contribution in [0.15, 0.2) is 0 Å². The molecule has 0 bridgehead atoms. The summed E-state index contributed by atoms with van der Waals surface area (Å²) >= 11 is 0. The molecule has 0 spiro atoms. The maximum atomic E-state index is 10.6. The van der Waals surface area contributed by atoms with E-state index in [1.165, 1.54) is 0 Å². The Kier molecular flexibility index (Phi) is 3.47. The Hall–Kier alpha value is -0.130. The van der Waals surface area contributed by atoms with Gasteiger partial charge in [-0.3, -0.25) is 4.18 Å². The van der Waals surface area contributed by atoms with Crippen molar-refractivity contribution in [2.45, 2.75) is 25.9 Å². The fraction of sp³-hybridized carbons (Fsp3) is 1.00. The van der Waals surface area contributed by atoms with Gasteiger partial charge in [-0.2, -0.15) is 8.42 Å². The monoisotopic (exact) mass is 182 g/mol. The van der Waals surface area contributed by atoms with Gasteiger partial charge in [-0.1, -0.05) is 6.92 Å². The maximum absolute atomic E-state index is 10.6. The molecule has 0 heterocycles. The molecule has 11 heavy (non-hydrogen) atoms. The SMILES string of the molecule is CCC(C)(CO)OS(C)(=O)=O. The summed E-state index contributed by atoms with van der Waals surface area (Å²) in [6.07, 6.45) is 1.42. The average Bonchev–Trinajstić information content (AvgIpc) is 1.84. The van der Waals surface area contributed by atoms with Crippen LogP contribution in [0.4, 0.5) is 0 Å². The Morgan fingerprint density at radius 1 is 1.55 bits per heavy atom. The minimum atomic E-state index is -3.47. The molecule has 0 aliphatic carbocycles. The van der Waals surface area contributed by atoms with Crippen LogP contribution in [0, 0.1) is 0 Å². The Labute approximate surface area is 67.3 Å². The molecule has 1 unspecified atom stereocenters. The normalized spacial score (nSPS) is 17.8. The van der Waals surface area contributed by atoms with E-state index < -0.39 is 15.7 Å². The van der Waals surface area contributed by atoms with Crippen LogP contribution in [-0.2, 0) is 14.3 Å². The lowest BCUT2D eigenvalue weighted by Crippen LogP contribution is -2.34. The summed E-state index contributed by atoms with van der Waals surface area (Å²) in [4.78, 5) is 0. The third kappa shape index (κ3) is 4.34. The van der Waals surface area contributed by atoms with Gasteiger partial charge in [0.05, 0.1) is 12.9 Å². The van der Waals surface area contributed by atoms with E-state index in [2.05, 4.69) is 4.18 Å². The minimum absolute atomic E-state index is 0.295. The molecule has 0 saturated heterocycles. The molecule has 0 aromatic heterocycles. The number of hydrogen-bond donors (Lipinski definition) is 1. The molecule has 0 aliphatic rings. The summed E-state index contributed by atoms with van der Waals surface area (Å²) in [5.41, 5.74) is -0.965. The van der Waals surface area contributed by atoms with Gasteiger partial charge in [0.15, 0.2) is 0 Å². The molecular formula is C6H14O4S. The standard InChI is InChI=1S/C6H14O4S/c1-4-6(2,5-7)10-11(3,8)9/h7H,4-5H2,1-3H3. The molecule has 0 saturated carbocycles. The summed E-state index contributed by atoms with van der Waals surface area (Å²) in [7, 11) is -3.47. The predicted octanol–water partition coefficient (Wildman–Crippen LogP) is 0.124. The van der Waals surface area contributed by atoms with Crippen molar-refractivity contribution in [3.05, 3.63) is 0 Å². The van der Waals surface area contributed by atoms with Gasteiger partial charge in [0, 0.05) is 0 Å². The van der Waals surface area contributed by atoms with Crippen LogP contribution in [0.3, 0.4) is 0 Å². The first-order valence-corrected chi connectivity index (χ1v) is 5.16. The Morgan fingerprint density at radius 2 is 2.00 bits per heavy atom. The quantitative estimate of drug-likeness (QED) is 0.627. The number of rotatable bonds is 4. The van der Waals surface area contributed by atoms with Crippen LogP contribution in [0.25, 0.3) is 0 Å². The lowest BCUT2D eigenvalue weighted by Gasteiger charge is -2.23. The van der Waals surface area contributed by atoms with E-state index in [0.717, 1.165) is 6.26 Å². The van der Waals surface area contributed by atoms with E-state index in [4.69, 9.17) is 5.11 Å². The van der Waals surface area contributed by atoms with Gasteiger partial charge in [-0.15, -0.1) is 0 Å². The first-order valence-electron chi connectivity index (χ1n) is 3.34. The molecule has 0 fully saturated rings. The lowest BCUT2D eigenvalue weighted by molar-refractivity contribution is 0.0286. The van der Waals surface area contributed by atoms with Crippen molar-refractivity contribution >= 4 is 10.1 Å². The summed E-state index contributed by atoms with van der Waals surface area (Å²) in [5, 5.41) is 8.76. The van der Waals surface area contributed by atoms with E-state index in [1.54, 1.807) is 13.8 Å². The zero-order valence-electron chi connectivity index (χ0n) is 6.99. The van der Waals surface area contributed by atoms with Gasteiger partial charge >= 0.3 is 0 Å². The molecule has 0 aliphatic heterocycles. The fourth-order valence-corrected chi connectivity index (χ4v) is 1.46. The van der Waals surface area contributed by atoms with Crippen LogP contribution < -0.4 is 0 Å². The Balaban J connectivity index is 4.32. The first-order chi connectivity index (χ1) is 4.83. The fourth-order valence-electron chi connectivity index (χ4n) is 0.563. The third-order valence-electron chi connectivity index (χ3n) is 1.43. The van der Waals surface area contributed by atoms with Gasteiger partial charge in [-0.05, 0) is 13.3 Å². The average molecular weight is 182 g/mol. The van der Waals surface area contributed by atoms with Crippen molar-refractivity contribution in [2.75, 3.05) is 12.9 Å². The van der Waals surface area contributed by atoms with Gasteiger partial charge in [-0.25, -0.2) is 0 Å². The number of hydrogen-bond acceptors (Lipinski definition) is 4. The molecule has 1 atom stereocenters. The van der Waals surface area contributed by atoms with Crippen molar-refractivity contribution in [3.63, 3.8) is 0 Å². The highest BCUT2D eigenvalue weighted by Crippen LogP contribution is 2.16. The van der Waals surface area contributed by atoms with Crippen LogP contribution in [0.1, 0.15) is 20.3 Å². The highest BCUT2D eigenvalue weighted by Gasteiger charge is 2.26. The topological polar surface area (TPSA) is 63.6 Å². The van der Waals surface area contributed by atoms with Crippen molar-refractivity contribution in [1.82, 2.24) is 0 Å². The molecule has 5 heteroatoms. The van der Waals surface area contributed by atoms with Crippen LogP contribution in [0.2, 0.25) is 0 Å². The second-order valence-electron chi connectivity index (χ2n) is 2.75. The minimum Gasteiger partial charge on any atom is -0.393 e. The highest BCUT2D eigenvalue weighted by atomic mass is 32.2. The molecule has 0 aromatic rings. The molecule has 1 N–H and O–H groups in total. The number of aliphatic hydroxyl groups excluding tert-OH is 1. The predicted molar refractivity (Wildman–Crippen MR) is 41.7 cm³/mol. The summed E-state index contributed by atoms with van der Waals surface area (Å²) in [5.74, 6) is 0. The molecule has 0 aromatic carbocycles. The molecule has 0 radical (unpaired) electrons. The summed E-state index contributed by atoms with van der Waals surface area (Å²) < 4.78 is 25.9. The Bertz CT molecular complexity index is 203. The summed E-state index contributed by atoms with van der Waals surface area (Å²) in [6, 6.07) is 0. The zero-order valence-corrected chi connectivity index (χ0v) is 7.81. The van der Waals surface area contributed by atoms with Crippen LogP contribution in [-0.4, -0.2) is 32.0 Å². The van der Waals surface area contributed by atoms with Crippen molar-refractivity contribution in [2.24, 2.45) is 0 Å². The van der Waals surface area contributed by atoms with E-state index in [1.807, 2.05) is 0 Å². The van der Waals surface area contributed by atoms with E-state index in [0.29, 0.717) is 6.42 Å². The van der Waals surface area contributed by atoms with Crippen molar-refractivity contribution in [1.29, 1.82) is 0 Å². The van der Waals surface area contributed by atoms with Crippen LogP contribution in [0.5, 0.6) is 0 Å². The largest absolute Gasteiger partial charge is 0.393 e. The molecule has 68 valence electrons. The van der Waals surface area contributed by atoms with E-state index in [-0.39, 0.29) is 6.61 Å². The smallest absolute Gasteiger partial charge is 0.264 e. The maximum Gasteiger partial charge on any atom is 0.264 e.